The maximum Gasteiger partial charge on any atom is 0.147 e. The molecule has 2 bridgehead atoms. The van der Waals surface area contributed by atoms with Gasteiger partial charge in [-0.15, -0.1) is 0 Å². The van der Waals surface area contributed by atoms with E-state index in [1.165, 1.54) is 25.9 Å². The van der Waals surface area contributed by atoms with Crippen molar-refractivity contribution >= 4 is 5.82 Å². The Balaban J connectivity index is 1.82. The first-order chi connectivity index (χ1) is 8.25. The number of rotatable bonds is 2. The molecule has 2 saturated heterocycles. The van der Waals surface area contributed by atoms with Crippen LogP contribution in [0.25, 0.3) is 0 Å². The molecule has 0 amide bonds. The molecule has 2 fully saturated rings. The molecular formula is C13H20N4. The lowest BCUT2D eigenvalue weighted by molar-refractivity contribution is 0.177. The maximum absolute atomic E-state index is 4.46. The minimum absolute atomic E-state index is 0.632. The zero-order valence-electron chi connectivity index (χ0n) is 10.6. The van der Waals surface area contributed by atoms with Gasteiger partial charge >= 0.3 is 0 Å². The first-order valence-corrected chi connectivity index (χ1v) is 6.54. The minimum Gasteiger partial charge on any atom is -0.347 e. The highest BCUT2D eigenvalue weighted by atomic mass is 15.4. The predicted octanol–water partition coefficient (Wildman–Crippen LogP) is 1.54. The number of aromatic nitrogens is 2. The number of piperazine rings is 1. The highest BCUT2D eigenvalue weighted by Crippen LogP contribution is 2.33. The van der Waals surface area contributed by atoms with Gasteiger partial charge in [0.1, 0.15) is 5.82 Å². The van der Waals surface area contributed by atoms with Crippen LogP contribution in [0.1, 0.15) is 26.7 Å². The van der Waals surface area contributed by atoms with Crippen molar-refractivity contribution in [2.24, 2.45) is 0 Å². The van der Waals surface area contributed by atoms with Gasteiger partial charge in [-0.25, -0.2) is 4.98 Å². The van der Waals surface area contributed by atoms with Gasteiger partial charge in [0.05, 0.1) is 6.20 Å². The molecule has 0 N–H and O–H groups in total. The average Bonchev–Trinajstić information content (AvgIpc) is 2.60. The summed E-state index contributed by atoms with van der Waals surface area (Å²) in [6.45, 7) is 6.92. The molecule has 3 rings (SSSR count). The zero-order chi connectivity index (χ0) is 11.8. The smallest absolute Gasteiger partial charge is 0.147 e. The largest absolute Gasteiger partial charge is 0.347 e. The Bertz CT molecular complexity index is 364. The van der Waals surface area contributed by atoms with Gasteiger partial charge in [-0.3, -0.25) is 9.88 Å². The fourth-order valence-corrected chi connectivity index (χ4v) is 3.16. The second-order valence-electron chi connectivity index (χ2n) is 5.40. The number of fused-ring (bicyclic) bond motifs is 2. The summed E-state index contributed by atoms with van der Waals surface area (Å²) in [5.41, 5.74) is 0. The standard InChI is InChI=1S/C13H20N4/c1-10(2)16-8-11-3-4-12(9-16)17(11)13-7-14-5-6-15-13/h5-7,10-12H,3-4,8-9H2,1-2H3. The quantitative estimate of drug-likeness (QED) is 0.774. The monoisotopic (exact) mass is 232 g/mol. The molecule has 2 unspecified atom stereocenters. The van der Waals surface area contributed by atoms with Crippen LogP contribution in [0.2, 0.25) is 0 Å². The first-order valence-electron chi connectivity index (χ1n) is 6.54. The first kappa shape index (κ1) is 11.0. The third kappa shape index (κ3) is 1.90. The molecule has 3 heterocycles. The van der Waals surface area contributed by atoms with Gasteiger partial charge in [0.2, 0.25) is 0 Å². The maximum atomic E-state index is 4.46. The normalized spacial score (nSPS) is 29.0. The summed E-state index contributed by atoms with van der Waals surface area (Å²) in [4.78, 5) is 13.7. The fraction of sp³-hybridized carbons (Fsp3) is 0.692. The van der Waals surface area contributed by atoms with Crippen molar-refractivity contribution in [1.29, 1.82) is 0 Å². The van der Waals surface area contributed by atoms with Crippen LogP contribution in [0.5, 0.6) is 0 Å². The van der Waals surface area contributed by atoms with Crippen molar-refractivity contribution in [2.75, 3.05) is 18.0 Å². The SMILES string of the molecule is CC(C)N1CC2CCC(C1)N2c1cnccn1. The van der Waals surface area contributed by atoms with Gasteiger partial charge in [-0.05, 0) is 26.7 Å². The van der Waals surface area contributed by atoms with E-state index in [0.29, 0.717) is 18.1 Å². The molecule has 1 aromatic rings. The van der Waals surface area contributed by atoms with Gasteiger partial charge in [0.15, 0.2) is 0 Å². The second-order valence-corrected chi connectivity index (χ2v) is 5.40. The minimum atomic E-state index is 0.632. The lowest BCUT2D eigenvalue weighted by Crippen LogP contribution is -2.55. The Labute approximate surface area is 103 Å². The topological polar surface area (TPSA) is 32.3 Å². The lowest BCUT2D eigenvalue weighted by Gasteiger charge is -2.43. The lowest BCUT2D eigenvalue weighted by atomic mass is 10.1. The number of nitrogens with zero attached hydrogens (tertiary/aromatic N) is 4. The highest BCUT2D eigenvalue weighted by Gasteiger charge is 2.41. The molecule has 0 radical (unpaired) electrons. The molecule has 1 aromatic heterocycles. The van der Waals surface area contributed by atoms with Gasteiger partial charge in [-0.1, -0.05) is 0 Å². The van der Waals surface area contributed by atoms with Crippen LogP contribution in [-0.4, -0.2) is 46.1 Å². The van der Waals surface area contributed by atoms with E-state index in [9.17, 15) is 0 Å². The van der Waals surface area contributed by atoms with Gasteiger partial charge in [-0.2, -0.15) is 0 Å². The van der Waals surface area contributed by atoms with E-state index in [2.05, 4.69) is 33.6 Å². The van der Waals surface area contributed by atoms with E-state index >= 15 is 0 Å². The van der Waals surface area contributed by atoms with Crippen LogP contribution in [0.4, 0.5) is 5.82 Å². The van der Waals surface area contributed by atoms with E-state index in [4.69, 9.17) is 0 Å². The summed E-state index contributed by atoms with van der Waals surface area (Å²) >= 11 is 0. The average molecular weight is 232 g/mol. The number of anilines is 1. The Morgan fingerprint density at radius 1 is 1.18 bits per heavy atom. The summed E-state index contributed by atoms with van der Waals surface area (Å²) in [5, 5.41) is 0. The van der Waals surface area contributed by atoms with Crippen molar-refractivity contribution in [1.82, 2.24) is 14.9 Å². The Morgan fingerprint density at radius 3 is 2.41 bits per heavy atom. The third-order valence-corrected chi connectivity index (χ3v) is 4.05. The Morgan fingerprint density at radius 2 is 1.88 bits per heavy atom. The molecule has 4 heteroatoms. The van der Waals surface area contributed by atoms with Crippen molar-refractivity contribution in [3.63, 3.8) is 0 Å². The molecule has 0 spiro atoms. The number of hydrogen-bond acceptors (Lipinski definition) is 4. The van der Waals surface area contributed by atoms with Gasteiger partial charge in [0.25, 0.3) is 0 Å². The van der Waals surface area contributed by atoms with Gasteiger partial charge < -0.3 is 4.90 Å². The van der Waals surface area contributed by atoms with Crippen LogP contribution in [0.3, 0.4) is 0 Å². The molecule has 17 heavy (non-hydrogen) atoms. The summed E-state index contributed by atoms with van der Waals surface area (Å²) in [7, 11) is 0. The van der Waals surface area contributed by atoms with E-state index in [1.807, 2.05) is 6.20 Å². The second kappa shape index (κ2) is 4.26. The van der Waals surface area contributed by atoms with Crippen LogP contribution in [0.15, 0.2) is 18.6 Å². The Kier molecular flexibility index (Phi) is 2.74. The van der Waals surface area contributed by atoms with E-state index in [1.54, 1.807) is 12.4 Å². The van der Waals surface area contributed by atoms with Crippen molar-refractivity contribution < 1.29 is 0 Å². The molecule has 92 valence electrons. The fourth-order valence-electron chi connectivity index (χ4n) is 3.16. The molecule has 2 aliphatic heterocycles. The van der Waals surface area contributed by atoms with E-state index in [0.717, 1.165) is 5.82 Å². The summed E-state index contributed by atoms with van der Waals surface area (Å²) in [6, 6.07) is 1.92. The van der Waals surface area contributed by atoms with Crippen molar-refractivity contribution in [3.8, 4) is 0 Å². The third-order valence-electron chi connectivity index (χ3n) is 4.05. The summed E-state index contributed by atoms with van der Waals surface area (Å²) in [6.07, 6.45) is 8.03. The van der Waals surface area contributed by atoms with E-state index in [-0.39, 0.29) is 0 Å². The predicted molar refractivity (Wildman–Crippen MR) is 68.0 cm³/mol. The molecular weight excluding hydrogens is 212 g/mol. The summed E-state index contributed by atoms with van der Waals surface area (Å²) in [5.74, 6) is 1.06. The number of hydrogen-bond donors (Lipinski definition) is 0. The van der Waals surface area contributed by atoms with Crippen LogP contribution < -0.4 is 4.90 Å². The molecule has 0 saturated carbocycles. The molecule has 2 atom stereocenters. The highest BCUT2D eigenvalue weighted by molar-refractivity contribution is 5.41. The molecule has 0 aromatic carbocycles. The van der Waals surface area contributed by atoms with Crippen LogP contribution in [-0.2, 0) is 0 Å². The zero-order valence-corrected chi connectivity index (χ0v) is 10.6. The van der Waals surface area contributed by atoms with Gasteiger partial charge in [0, 0.05) is 43.6 Å². The molecule has 2 aliphatic rings. The summed E-state index contributed by atoms with van der Waals surface area (Å²) < 4.78 is 0. The molecule has 4 nitrogen and oxygen atoms in total. The number of likely N-dealkylation sites (tertiary alicyclic amines) is 1. The van der Waals surface area contributed by atoms with Crippen LogP contribution in [0, 0.1) is 0 Å². The Hall–Kier alpha value is -1.16. The van der Waals surface area contributed by atoms with Crippen molar-refractivity contribution in [3.05, 3.63) is 18.6 Å². The molecule has 0 aliphatic carbocycles. The van der Waals surface area contributed by atoms with Crippen LogP contribution >= 0.6 is 0 Å². The van der Waals surface area contributed by atoms with E-state index < -0.39 is 0 Å². The van der Waals surface area contributed by atoms with Crippen molar-refractivity contribution in [2.45, 2.75) is 44.8 Å².